The van der Waals surface area contributed by atoms with E-state index in [2.05, 4.69) is 9.44 Å². The number of methoxy groups -OCH3 is 1. The molecule has 0 heterocycles. The van der Waals surface area contributed by atoms with Gasteiger partial charge in [-0.15, -0.1) is 0 Å². The predicted octanol–water partition coefficient (Wildman–Crippen LogP) is -1.23. The lowest BCUT2D eigenvalue weighted by Crippen LogP contribution is -2.38. The molecule has 0 saturated heterocycles. The summed E-state index contributed by atoms with van der Waals surface area (Å²) in [6.45, 7) is 0.828. The minimum atomic E-state index is -3.44. The Bertz CT molecular complexity index is 278. The van der Waals surface area contributed by atoms with Crippen molar-refractivity contribution in [2.24, 2.45) is 5.73 Å². The normalized spacial score (nSPS) is 11.5. The third kappa shape index (κ3) is 9.60. The van der Waals surface area contributed by atoms with Crippen LogP contribution < -0.4 is 15.2 Å². The summed E-state index contributed by atoms with van der Waals surface area (Å²) in [5.74, 6) is 0.0570. The van der Waals surface area contributed by atoms with Gasteiger partial charge < -0.3 is 10.5 Å². The monoisotopic (exact) mass is 238 g/mol. The van der Waals surface area contributed by atoms with Crippen molar-refractivity contribution in [3.05, 3.63) is 0 Å². The fraction of sp³-hybridized carbons (Fsp3) is 0.857. The first-order chi connectivity index (χ1) is 6.98. The molecule has 0 amide bonds. The van der Waals surface area contributed by atoms with Crippen molar-refractivity contribution in [2.45, 2.75) is 12.8 Å². The maximum absolute atomic E-state index is 11.2. The molecule has 90 valence electrons. The summed E-state index contributed by atoms with van der Waals surface area (Å²) in [5.41, 5.74) is 5.11. The van der Waals surface area contributed by atoms with Crippen LogP contribution in [0.3, 0.4) is 0 Å². The van der Waals surface area contributed by atoms with Crippen LogP contribution in [0.25, 0.3) is 0 Å². The van der Waals surface area contributed by atoms with Crippen LogP contribution in [0.4, 0.5) is 0 Å². The van der Waals surface area contributed by atoms with Gasteiger partial charge in [0.15, 0.2) is 0 Å². The quantitative estimate of drug-likeness (QED) is 0.228. The van der Waals surface area contributed by atoms with Crippen LogP contribution in [0.2, 0.25) is 0 Å². The molecule has 0 aromatic heterocycles. The molecule has 0 aliphatic carbocycles. The van der Waals surface area contributed by atoms with Gasteiger partial charge in [-0.1, -0.05) is 0 Å². The number of nitrogens with two attached hydrogens (primary N) is 1. The molecule has 0 radical (unpaired) electrons. The van der Waals surface area contributed by atoms with Crippen molar-refractivity contribution in [2.75, 3.05) is 26.8 Å². The largest absolute Gasteiger partial charge is 0.388 e. The Morgan fingerprint density at radius 3 is 2.53 bits per heavy atom. The second kappa shape index (κ2) is 7.57. The Morgan fingerprint density at radius 2 is 2.00 bits per heavy atom. The van der Waals surface area contributed by atoms with Gasteiger partial charge >= 0.3 is 0 Å². The summed E-state index contributed by atoms with van der Waals surface area (Å²) in [7, 11) is -1.95. The van der Waals surface area contributed by atoms with Crippen LogP contribution >= 0.6 is 0 Å². The van der Waals surface area contributed by atoms with E-state index in [1.165, 1.54) is 7.11 Å². The van der Waals surface area contributed by atoms with Crippen molar-refractivity contribution in [1.29, 1.82) is 5.41 Å². The van der Waals surface area contributed by atoms with Gasteiger partial charge in [-0.3, -0.25) is 5.41 Å². The van der Waals surface area contributed by atoms with Gasteiger partial charge in [0.2, 0.25) is 0 Å². The highest BCUT2D eigenvalue weighted by Gasteiger charge is 2.06. The summed E-state index contributed by atoms with van der Waals surface area (Å²) in [4.78, 5) is 0. The fourth-order valence-electron chi connectivity index (χ4n) is 0.814. The van der Waals surface area contributed by atoms with E-state index >= 15 is 0 Å². The van der Waals surface area contributed by atoms with Crippen molar-refractivity contribution in [3.63, 3.8) is 0 Å². The summed E-state index contributed by atoms with van der Waals surface area (Å²) in [5, 5.41) is 6.93. The summed E-state index contributed by atoms with van der Waals surface area (Å²) in [6.07, 6.45) is 0.904. The predicted molar refractivity (Wildman–Crippen MR) is 57.9 cm³/mol. The van der Waals surface area contributed by atoms with Gasteiger partial charge in [-0.05, 0) is 6.42 Å². The Balaban J connectivity index is 3.60. The molecule has 0 rings (SSSR count). The molecule has 0 aliphatic rings. The van der Waals surface area contributed by atoms with Gasteiger partial charge in [0.25, 0.3) is 10.2 Å². The van der Waals surface area contributed by atoms with E-state index in [-0.39, 0.29) is 18.9 Å². The van der Waals surface area contributed by atoms with Crippen LogP contribution in [0, 0.1) is 5.41 Å². The zero-order valence-corrected chi connectivity index (χ0v) is 9.56. The average Bonchev–Trinajstić information content (AvgIpc) is 2.13. The first kappa shape index (κ1) is 14.3. The third-order valence-electron chi connectivity index (χ3n) is 1.51. The number of ether oxygens (including phenoxy) is 1. The lowest BCUT2D eigenvalue weighted by atomic mass is 10.3. The Labute approximate surface area is 90.1 Å². The summed E-state index contributed by atoms with van der Waals surface area (Å²) < 4.78 is 31.7. The highest BCUT2D eigenvalue weighted by molar-refractivity contribution is 7.87. The van der Waals surface area contributed by atoms with E-state index < -0.39 is 10.2 Å². The average molecular weight is 238 g/mol. The molecule has 5 N–H and O–H groups in total. The summed E-state index contributed by atoms with van der Waals surface area (Å²) >= 11 is 0. The van der Waals surface area contributed by atoms with Crippen molar-refractivity contribution in [3.8, 4) is 0 Å². The summed E-state index contributed by atoms with van der Waals surface area (Å²) in [6, 6.07) is 0. The molecular formula is C7H18N4O3S. The molecule has 7 nitrogen and oxygen atoms in total. The second-order valence-electron chi connectivity index (χ2n) is 2.91. The van der Waals surface area contributed by atoms with E-state index in [1.54, 1.807) is 0 Å². The molecule has 0 aromatic carbocycles. The van der Waals surface area contributed by atoms with Crippen LogP contribution in [0.15, 0.2) is 0 Å². The van der Waals surface area contributed by atoms with E-state index in [0.717, 1.165) is 0 Å². The highest BCUT2D eigenvalue weighted by atomic mass is 32.2. The molecule has 8 heteroatoms. The lowest BCUT2D eigenvalue weighted by molar-refractivity contribution is 0.204. The molecule has 0 atom stereocenters. The lowest BCUT2D eigenvalue weighted by Gasteiger charge is -2.07. The van der Waals surface area contributed by atoms with Gasteiger partial charge in [-0.25, -0.2) is 4.72 Å². The zero-order valence-electron chi connectivity index (χ0n) is 8.75. The van der Waals surface area contributed by atoms with Gasteiger partial charge in [0, 0.05) is 26.6 Å². The van der Waals surface area contributed by atoms with Crippen LogP contribution in [-0.4, -0.2) is 41.1 Å². The maximum Gasteiger partial charge on any atom is 0.276 e. The Hall–Kier alpha value is -0.700. The van der Waals surface area contributed by atoms with E-state index in [1.807, 2.05) is 0 Å². The van der Waals surface area contributed by atoms with Crippen LogP contribution in [0.1, 0.15) is 12.8 Å². The highest BCUT2D eigenvalue weighted by Crippen LogP contribution is 1.86. The molecule has 0 fully saturated rings. The third-order valence-corrected chi connectivity index (χ3v) is 2.68. The molecular weight excluding hydrogens is 220 g/mol. The SMILES string of the molecule is COCCNS(=O)(=O)NCCCC(=N)N. The van der Waals surface area contributed by atoms with Crippen molar-refractivity contribution in [1.82, 2.24) is 9.44 Å². The van der Waals surface area contributed by atoms with Crippen LogP contribution in [0.5, 0.6) is 0 Å². The van der Waals surface area contributed by atoms with Gasteiger partial charge in [0.05, 0.1) is 12.4 Å². The minimum absolute atomic E-state index is 0.0570. The molecule has 0 aliphatic heterocycles. The second-order valence-corrected chi connectivity index (χ2v) is 4.50. The Morgan fingerprint density at radius 1 is 1.40 bits per heavy atom. The van der Waals surface area contributed by atoms with Crippen LogP contribution in [-0.2, 0) is 14.9 Å². The number of nitrogens with one attached hydrogen (secondary N) is 3. The van der Waals surface area contributed by atoms with Gasteiger partial charge in [-0.2, -0.15) is 13.1 Å². The van der Waals surface area contributed by atoms with E-state index in [9.17, 15) is 8.42 Å². The Kier molecular flexibility index (Phi) is 7.22. The number of amidine groups is 1. The fourth-order valence-corrected chi connectivity index (χ4v) is 1.68. The van der Waals surface area contributed by atoms with E-state index in [0.29, 0.717) is 19.4 Å². The molecule has 0 spiro atoms. The molecule has 0 saturated carbocycles. The molecule has 15 heavy (non-hydrogen) atoms. The number of rotatable bonds is 9. The molecule has 0 aromatic rings. The molecule has 0 unspecified atom stereocenters. The smallest absolute Gasteiger partial charge is 0.276 e. The topological polar surface area (TPSA) is 117 Å². The first-order valence-corrected chi connectivity index (χ1v) is 6.02. The number of hydrogen-bond acceptors (Lipinski definition) is 4. The van der Waals surface area contributed by atoms with Crippen molar-refractivity contribution >= 4 is 16.0 Å². The number of hydrogen-bond donors (Lipinski definition) is 4. The first-order valence-electron chi connectivity index (χ1n) is 4.54. The minimum Gasteiger partial charge on any atom is -0.388 e. The zero-order chi connectivity index (χ0) is 11.7. The molecule has 0 bridgehead atoms. The maximum atomic E-state index is 11.2. The van der Waals surface area contributed by atoms with Crippen molar-refractivity contribution < 1.29 is 13.2 Å². The van der Waals surface area contributed by atoms with Gasteiger partial charge in [0.1, 0.15) is 0 Å². The standard InChI is InChI=1S/C7H18N4O3S/c1-14-6-5-11-15(12,13)10-4-2-3-7(8)9/h10-11H,2-6H2,1H3,(H3,8,9). The van der Waals surface area contributed by atoms with E-state index in [4.69, 9.17) is 15.9 Å².